The zero-order chi connectivity index (χ0) is 11.2. The number of nitrogens with one attached hydrogen (secondary N) is 1. The van der Waals surface area contributed by atoms with E-state index in [1.165, 1.54) is 13.0 Å². The van der Waals surface area contributed by atoms with Crippen LogP contribution in [0.5, 0.6) is 0 Å². The highest BCUT2D eigenvalue weighted by Gasteiger charge is 2.42. The van der Waals surface area contributed by atoms with Crippen molar-refractivity contribution in [2.45, 2.75) is 18.9 Å². The Labute approximate surface area is 85.5 Å². The van der Waals surface area contributed by atoms with Crippen LogP contribution in [0.1, 0.15) is 13.3 Å². The predicted molar refractivity (Wildman–Crippen MR) is 50.0 cm³/mol. The van der Waals surface area contributed by atoms with E-state index < -0.39 is 23.1 Å². The lowest BCUT2D eigenvalue weighted by atomic mass is 9.95. The van der Waals surface area contributed by atoms with Crippen molar-refractivity contribution < 1.29 is 19.5 Å². The molecule has 2 N–H and O–H groups in total. The Morgan fingerprint density at radius 1 is 1.40 bits per heavy atom. The number of rotatable bonds is 1. The summed E-state index contributed by atoms with van der Waals surface area (Å²) in [6, 6.07) is 0. The van der Waals surface area contributed by atoms with Gasteiger partial charge in [0.25, 0.3) is 0 Å². The summed E-state index contributed by atoms with van der Waals surface area (Å²) in [6.45, 7) is 1.52. The number of fused-ring (bicyclic) bond motifs is 1. The summed E-state index contributed by atoms with van der Waals surface area (Å²) >= 11 is 0. The fourth-order valence-electron chi connectivity index (χ4n) is 1.72. The van der Waals surface area contributed by atoms with Gasteiger partial charge < -0.3 is 10.4 Å². The van der Waals surface area contributed by atoms with Crippen LogP contribution >= 0.6 is 0 Å². The molecule has 0 aromatic carbocycles. The molecule has 5 heteroatoms. The molecule has 0 aromatic rings. The average Bonchev–Trinajstić information content (AvgIpc) is 2.43. The molecule has 0 unspecified atom stereocenters. The molecule has 0 bridgehead atoms. The van der Waals surface area contributed by atoms with E-state index in [-0.39, 0.29) is 6.42 Å². The third kappa shape index (κ3) is 1.36. The molecular formula is C10H9NO4. The average molecular weight is 207 g/mol. The molecule has 2 rings (SSSR count). The molecule has 0 radical (unpaired) electrons. The molecule has 0 saturated carbocycles. The Morgan fingerprint density at radius 3 is 2.60 bits per heavy atom. The maximum absolute atomic E-state index is 11.1. The van der Waals surface area contributed by atoms with E-state index in [0.717, 1.165) is 6.08 Å². The molecule has 1 atom stereocenters. The van der Waals surface area contributed by atoms with Crippen molar-refractivity contribution >= 4 is 17.5 Å². The second kappa shape index (κ2) is 2.79. The highest BCUT2D eigenvalue weighted by Crippen LogP contribution is 2.32. The van der Waals surface area contributed by atoms with Gasteiger partial charge >= 0.3 is 5.97 Å². The molecule has 1 aliphatic carbocycles. The maximum Gasteiger partial charge on any atom is 0.329 e. The van der Waals surface area contributed by atoms with Crippen molar-refractivity contribution in [3.8, 4) is 0 Å². The molecular weight excluding hydrogens is 198 g/mol. The van der Waals surface area contributed by atoms with Gasteiger partial charge in [-0.1, -0.05) is 0 Å². The molecule has 1 heterocycles. The molecule has 0 amide bonds. The van der Waals surface area contributed by atoms with E-state index in [1.807, 2.05) is 0 Å². The molecule has 15 heavy (non-hydrogen) atoms. The third-order valence-corrected chi connectivity index (χ3v) is 2.60. The first-order valence-corrected chi connectivity index (χ1v) is 4.45. The second-order valence-electron chi connectivity index (χ2n) is 3.90. The number of hydrogen-bond donors (Lipinski definition) is 2. The number of allylic oxidation sites excluding steroid dienone is 3. The van der Waals surface area contributed by atoms with Crippen LogP contribution in [0.25, 0.3) is 0 Å². The number of carbonyl (C=O) groups excluding carboxylic acids is 2. The minimum Gasteiger partial charge on any atom is -0.480 e. The summed E-state index contributed by atoms with van der Waals surface area (Å²) in [7, 11) is 0. The summed E-state index contributed by atoms with van der Waals surface area (Å²) in [4.78, 5) is 33.1. The van der Waals surface area contributed by atoms with E-state index in [9.17, 15) is 14.4 Å². The normalized spacial score (nSPS) is 29.1. The SMILES string of the molecule is C[C@]1(C(=O)O)CC2=CC(=O)C(=O)C=C2N1. The Balaban J connectivity index is 2.40. The monoisotopic (exact) mass is 207 g/mol. The largest absolute Gasteiger partial charge is 0.480 e. The summed E-state index contributed by atoms with van der Waals surface area (Å²) in [6.07, 6.45) is 2.58. The lowest BCUT2D eigenvalue weighted by Gasteiger charge is -2.17. The van der Waals surface area contributed by atoms with Gasteiger partial charge in [-0.3, -0.25) is 9.59 Å². The van der Waals surface area contributed by atoms with Gasteiger partial charge in [0.15, 0.2) is 0 Å². The third-order valence-electron chi connectivity index (χ3n) is 2.60. The fourth-order valence-corrected chi connectivity index (χ4v) is 1.72. The summed E-state index contributed by atoms with van der Waals surface area (Å²) in [5.41, 5.74) is -0.0863. The van der Waals surface area contributed by atoms with Gasteiger partial charge in [0.2, 0.25) is 11.6 Å². The van der Waals surface area contributed by atoms with Gasteiger partial charge in [-0.2, -0.15) is 0 Å². The first-order valence-electron chi connectivity index (χ1n) is 4.45. The van der Waals surface area contributed by atoms with Gasteiger partial charge in [-0.15, -0.1) is 0 Å². The van der Waals surface area contributed by atoms with Crippen molar-refractivity contribution in [2.75, 3.05) is 0 Å². The van der Waals surface area contributed by atoms with Gasteiger partial charge in [0.05, 0.1) is 0 Å². The fraction of sp³-hybridized carbons (Fsp3) is 0.300. The zero-order valence-electron chi connectivity index (χ0n) is 8.03. The Hall–Kier alpha value is -1.91. The molecule has 5 nitrogen and oxygen atoms in total. The zero-order valence-corrected chi connectivity index (χ0v) is 8.03. The van der Waals surface area contributed by atoms with Crippen LogP contribution in [0.15, 0.2) is 23.4 Å². The minimum atomic E-state index is -1.12. The summed E-state index contributed by atoms with van der Waals surface area (Å²) in [5.74, 6) is -2.21. The highest BCUT2D eigenvalue weighted by molar-refractivity contribution is 6.46. The van der Waals surface area contributed by atoms with Gasteiger partial charge in [0.1, 0.15) is 5.54 Å². The van der Waals surface area contributed by atoms with Crippen LogP contribution in [-0.4, -0.2) is 28.2 Å². The quantitative estimate of drug-likeness (QED) is 0.459. The molecule has 78 valence electrons. The first kappa shape index (κ1) is 9.64. The molecule has 0 aromatic heterocycles. The van der Waals surface area contributed by atoms with Crippen LogP contribution in [0, 0.1) is 0 Å². The molecule has 1 aliphatic heterocycles. The number of carbonyl (C=O) groups is 3. The van der Waals surface area contributed by atoms with Gasteiger partial charge in [0, 0.05) is 18.2 Å². The number of carboxylic acid groups (broad SMARTS) is 1. The molecule has 0 spiro atoms. The first-order chi connectivity index (χ1) is 6.92. The summed E-state index contributed by atoms with van der Waals surface area (Å²) < 4.78 is 0. The van der Waals surface area contributed by atoms with Crippen molar-refractivity contribution in [2.24, 2.45) is 0 Å². The minimum absolute atomic E-state index is 0.215. The molecule has 1 fully saturated rings. The number of carboxylic acids is 1. The van der Waals surface area contributed by atoms with Gasteiger partial charge in [-0.05, 0) is 18.6 Å². The lowest BCUT2D eigenvalue weighted by Crippen LogP contribution is -2.43. The van der Waals surface area contributed by atoms with E-state index in [2.05, 4.69) is 5.32 Å². The Bertz CT molecular complexity index is 412. The van der Waals surface area contributed by atoms with E-state index in [0.29, 0.717) is 11.3 Å². The second-order valence-corrected chi connectivity index (χ2v) is 3.90. The molecule has 1 saturated heterocycles. The number of ketones is 2. The lowest BCUT2D eigenvalue weighted by molar-refractivity contribution is -0.143. The topological polar surface area (TPSA) is 83.5 Å². The van der Waals surface area contributed by atoms with Gasteiger partial charge in [-0.25, -0.2) is 4.79 Å². The van der Waals surface area contributed by atoms with E-state index >= 15 is 0 Å². The Morgan fingerprint density at radius 2 is 2.00 bits per heavy atom. The maximum atomic E-state index is 11.1. The Kier molecular flexibility index (Phi) is 1.79. The van der Waals surface area contributed by atoms with E-state index in [1.54, 1.807) is 0 Å². The van der Waals surface area contributed by atoms with Crippen molar-refractivity contribution in [1.82, 2.24) is 5.32 Å². The highest BCUT2D eigenvalue weighted by atomic mass is 16.4. The van der Waals surface area contributed by atoms with Crippen LogP contribution in [-0.2, 0) is 14.4 Å². The summed E-state index contributed by atoms with van der Waals surface area (Å²) in [5, 5.41) is 11.7. The number of hydrogen-bond acceptors (Lipinski definition) is 4. The van der Waals surface area contributed by atoms with Crippen LogP contribution < -0.4 is 5.32 Å². The van der Waals surface area contributed by atoms with E-state index in [4.69, 9.17) is 5.11 Å². The van der Waals surface area contributed by atoms with Crippen molar-refractivity contribution in [1.29, 1.82) is 0 Å². The standard InChI is InChI=1S/C10H9NO4/c1-10(9(14)15)4-5-2-7(12)8(13)3-6(5)11-10/h2-3,11H,4H2,1H3,(H,14,15)/t10-/m1/s1. The smallest absolute Gasteiger partial charge is 0.329 e. The van der Waals surface area contributed by atoms with Crippen LogP contribution in [0.2, 0.25) is 0 Å². The van der Waals surface area contributed by atoms with Crippen LogP contribution in [0.4, 0.5) is 0 Å². The van der Waals surface area contributed by atoms with Crippen molar-refractivity contribution in [3.63, 3.8) is 0 Å². The van der Waals surface area contributed by atoms with Crippen molar-refractivity contribution in [3.05, 3.63) is 23.4 Å². The molecule has 2 aliphatic rings. The predicted octanol–water partition coefficient (Wildman–Crippen LogP) is -0.215. The number of aliphatic carboxylic acids is 1. The van der Waals surface area contributed by atoms with Crippen LogP contribution in [0.3, 0.4) is 0 Å².